The Balaban J connectivity index is 2.24. The van der Waals surface area contributed by atoms with Crippen molar-refractivity contribution in [3.63, 3.8) is 0 Å². The molecule has 1 aliphatic carbocycles. The Morgan fingerprint density at radius 1 is 1.11 bits per heavy atom. The number of rotatable bonds is 7. The molecule has 0 aromatic heterocycles. The summed E-state index contributed by atoms with van der Waals surface area (Å²) in [4.78, 5) is 2.95. The van der Waals surface area contributed by atoms with Gasteiger partial charge in [0.1, 0.15) is 11.5 Å². The predicted octanol–water partition coefficient (Wildman–Crippen LogP) is -0.000840. The van der Waals surface area contributed by atoms with Crippen LogP contribution in [0.3, 0.4) is 0 Å². The summed E-state index contributed by atoms with van der Waals surface area (Å²) in [6.45, 7) is 4.14. The molecular weight excluding hydrogens is 348 g/mol. The van der Waals surface area contributed by atoms with Crippen LogP contribution in [0.1, 0.15) is 25.3 Å². The van der Waals surface area contributed by atoms with E-state index < -0.39 is 22.7 Å². The van der Waals surface area contributed by atoms with Gasteiger partial charge in [-0.25, -0.2) is 4.99 Å². The standard InChI is InChI=1S/C19H22N4O4/c1-5-26-19(27-6-2)18(11-21)15(17(18,10-20)16(22)23-19)13-8-7-12(24-3)9-14(13)25-4/h7-9,15H,5-6H2,1-4H3,(H2,22,23)/p+1/t15-,17+,18+/m0/s1. The molecule has 142 valence electrons. The van der Waals surface area contributed by atoms with Gasteiger partial charge in [0.05, 0.1) is 45.5 Å². The summed E-state index contributed by atoms with van der Waals surface area (Å²) >= 11 is 0. The molecule has 3 atom stereocenters. The van der Waals surface area contributed by atoms with Crippen LogP contribution in [0, 0.1) is 33.5 Å². The Morgan fingerprint density at radius 2 is 1.78 bits per heavy atom. The lowest BCUT2D eigenvalue weighted by Crippen LogP contribution is -2.91. The number of nitrogens with one attached hydrogen (secondary N) is 1. The van der Waals surface area contributed by atoms with Crippen molar-refractivity contribution in [3.8, 4) is 23.6 Å². The first-order chi connectivity index (χ1) is 13.0. The Labute approximate surface area is 158 Å². The fourth-order valence-electron chi connectivity index (χ4n) is 4.38. The van der Waals surface area contributed by atoms with Crippen LogP contribution in [0.15, 0.2) is 18.2 Å². The summed E-state index contributed by atoms with van der Waals surface area (Å²) in [5, 5.41) is 20.3. The van der Waals surface area contributed by atoms with Crippen molar-refractivity contribution in [2.45, 2.75) is 25.7 Å². The van der Waals surface area contributed by atoms with Crippen molar-refractivity contribution in [3.05, 3.63) is 23.8 Å². The van der Waals surface area contributed by atoms with Gasteiger partial charge in [-0.3, -0.25) is 5.73 Å². The summed E-state index contributed by atoms with van der Waals surface area (Å²) in [5.41, 5.74) is 4.27. The molecule has 0 radical (unpaired) electrons. The minimum absolute atomic E-state index is 0.163. The lowest BCUT2D eigenvalue weighted by atomic mass is 9.93. The van der Waals surface area contributed by atoms with E-state index in [-0.39, 0.29) is 19.0 Å². The van der Waals surface area contributed by atoms with Crippen molar-refractivity contribution in [1.29, 1.82) is 10.5 Å². The maximum atomic E-state index is 10.2. The van der Waals surface area contributed by atoms with Gasteiger partial charge in [0.2, 0.25) is 0 Å². The van der Waals surface area contributed by atoms with Crippen LogP contribution in [0.5, 0.6) is 11.5 Å². The molecule has 3 N–H and O–H groups in total. The molecule has 0 spiro atoms. The van der Waals surface area contributed by atoms with E-state index in [1.165, 1.54) is 7.11 Å². The molecule has 0 saturated heterocycles. The second-order valence-corrected chi connectivity index (χ2v) is 6.40. The van der Waals surface area contributed by atoms with Crippen molar-refractivity contribution < 1.29 is 23.9 Å². The van der Waals surface area contributed by atoms with Crippen molar-refractivity contribution >= 4 is 5.84 Å². The van der Waals surface area contributed by atoms with E-state index in [4.69, 9.17) is 24.7 Å². The first-order valence-corrected chi connectivity index (χ1v) is 8.71. The van der Waals surface area contributed by atoms with Crippen LogP contribution in [0.25, 0.3) is 0 Å². The predicted molar refractivity (Wildman–Crippen MR) is 94.5 cm³/mol. The Hall–Kier alpha value is -2.81. The first kappa shape index (κ1) is 19.0. The zero-order chi connectivity index (χ0) is 19.9. The molecule has 8 nitrogen and oxygen atoms in total. The molecule has 0 bridgehead atoms. The Morgan fingerprint density at radius 3 is 2.26 bits per heavy atom. The number of nitrogens with zero attached hydrogens (tertiary/aromatic N) is 2. The summed E-state index contributed by atoms with van der Waals surface area (Å²) in [5.74, 6) is -0.820. The molecule has 3 rings (SSSR count). The van der Waals surface area contributed by atoms with Gasteiger partial charge in [-0.05, 0) is 19.9 Å². The molecule has 1 saturated carbocycles. The molecule has 0 amide bonds. The Bertz CT molecular complexity index is 865. The third-order valence-electron chi connectivity index (χ3n) is 5.45. The van der Waals surface area contributed by atoms with Crippen LogP contribution in [-0.4, -0.2) is 39.2 Å². The Kier molecular flexibility index (Phi) is 4.51. The number of nitriles is 2. The van der Waals surface area contributed by atoms with Gasteiger partial charge in [0.25, 0.3) is 5.84 Å². The smallest absolute Gasteiger partial charge is 0.343 e. The lowest BCUT2D eigenvalue weighted by molar-refractivity contribution is -0.693. The molecule has 0 unspecified atom stereocenters. The van der Waals surface area contributed by atoms with Crippen molar-refractivity contribution in [2.24, 2.45) is 16.6 Å². The van der Waals surface area contributed by atoms with E-state index in [2.05, 4.69) is 17.1 Å². The highest BCUT2D eigenvalue weighted by atomic mass is 16.7. The lowest BCUT2D eigenvalue weighted by Gasteiger charge is -2.29. The molecule has 1 aromatic carbocycles. The van der Waals surface area contributed by atoms with E-state index >= 15 is 0 Å². The van der Waals surface area contributed by atoms with E-state index in [0.717, 1.165) is 0 Å². The average molecular weight is 371 g/mol. The van der Waals surface area contributed by atoms with Gasteiger partial charge in [0.15, 0.2) is 10.8 Å². The van der Waals surface area contributed by atoms with Crippen molar-refractivity contribution in [1.82, 2.24) is 0 Å². The second-order valence-electron chi connectivity index (χ2n) is 6.40. The summed E-state index contributed by atoms with van der Waals surface area (Å²) in [6.07, 6.45) is 0. The third-order valence-corrected chi connectivity index (χ3v) is 5.45. The van der Waals surface area contributed by atoms with Crippen LogP contribution < -0.4 is 20.2 Å². The van der Waals surface area contributed by atoms with Gasteiger partial charge >= 0.3 is 5.91 Å². The maximum absolute atomic E-state index is 10.2. The fourth-order valence-corrected chi connectivity index (χ4v) is 4.38. The van der Waals surface area contributed by atoms with Crippen LogP contribution >= 0.6 is 0 Å². The van der Waals surface area contributed by atoms with Gasteiger partial charge in [-0.2, -0.15) is 10.5 Å². The van der Waals surface area contributed by atoms with Gasteiger partial charge in [-0.1, -0.05) is 6.07 Å². The molecule has 1 heterocycles. The average Bonchev–Trinajstić information content (AvgIpc) is 3.26. The maximum Gasteiger partial charge on any atom is 0.343 e. The summed E-state index contributed by atoms with van der Waals surface area (Å²) in [6, 6.07) is 9.82. The minimum Gasteiger partial charge on any atom is -0.497 e. The van der Waals surface area contributed by atoms with Crippen LogP contribution in [0.2, 0.25) is 0 Å². The number of ether oxygens (including phenoxy) is 4. The number of hydrogen-bond acceptors (Lipinski definition) is 7. The van der Waals surface area contributed by atoms with Gasteiger partial charge < -0.3 is 18.9 Å². The molecule has 1 fully saturated rings. The minimum atomic E-state index is -1.51. The van der Waals surface area contributed by atoms with Gasteiger partial charge in [0, 0.05) is 11.6 Å². The quantitative estimate of drug-likeness (QED) is 0.646. The number of amidine groups is 1. The van der Waals surface area contributed by atoms with E-state index in [1.807, 2.05) is 0 Å². The summed E-state index contributed by atoms with van der Waals surface area (Å²) in [7, 11) is 3.08. The first-order valence-electron chi connectivity index (χ1n) is 8.71. The van der Waals surface area contributed by atoms with E-state index in [1.54, 1.807) is 39.2 Å². The molecule has 1 aliphatic heterocycles. The zero-order valence-electron chi connectivity index (χ0n) is 15.8. The molecule has 2 aliphatic rings. The highest BCUT2D eigenvalue weighted by Gasteiger charge is 2.97. The number of benzene rings is 1. The zero-order valence-corrected chi connectivity index (χ0v) is 15.8. The van der Waals surface area contributed by atoms with E-state index in [0.29, 0.717) is 17.1 Å². The second kappa shape index (κ2) is 6.41. The van der Waals surface area contributed by atoms with Crippen molar-refractivity contribution in [2.75, 3.05) is 27.4 Å². The van der Waals surface area contributed by atoms with Crippen LogP contribution in [0.4, 0.5) is 0 Å². The number of nitrogens with two attached hydrogens (primary N) is 1. The SMILES string of the molecule is CCOC1(OCC)[NH+]=C(N)[C@@]2(C#N)[C@H](c3ccc(OC)cc3OC)[C@@]12C#N. The van der Waals surface area contributed by atoms with Gasteiger partial charge in [-0.15, -0.1) is 0 Å². The number of methoxy groups -OCH3 is 2. The summed E-state index contributed by atoms with van der Waals surface area (Å²) < 4.78 is 22.5. The number of hydrogen-bond donors (Lipinski definition) is 2. The van der Waals surface area contributed by atoms with Crippen LogP contribution in [-0.2, 0) is 9.47 Å². The highest BCUT2D eigenvalue weighted by Crippen LogP contribution is 2.79. The number of fused-ring (bicyclic) bond motifs is 1. The molecule has 1 aromatic rings. The topological polar surface area (TPSA) is 124 Å². The molecule has 27 heavy (non-hydrogen) atoms. The fraction of sp³-hybridized carbons (Fsp3) is 0.526. The largest absolute Gasteiger partial charge is 0.497 e. The molecular formula is C19H23N4O4+. The third kappa shape index (κ3) is 2.05. The molecule has 8 heteroatoms. The normalized spacial score (nSPS) is 29.9. The monoisotopic (exact) mass is 371 g/mol. The van der Waals surface area contributed by atoms with E-state index in [9.17, 15) is 10.5 Å². The highest BCUT2D eigenvalue weighted by molar-refractivity contribution is 5.95.